The summed E-state index contributed by atoms with van der Waals surface area (Å²) in [4.78, 5) is 23.9. The van der Waals surface area contributed by atoms with Gasteiger partial charge in [-0.1, -0.05) is 48.5 Å². The SMILES string of the molecule is Cc1ccc(Cn2cnc(C(=O)CCCC[C@H]3COc4cccnc4N(C)C3=S)n2)cc1. The first-order valence-corrected chi connectivity index (χ1v) is 11.3. The van der Waals surface area contributed by atoms with E-state index in [9.17, 15) is 4.79 Å². The average Bonchev–Trinajstić information content (AvgIpc) is 3.23. The van der Waals surface area contributed by atoms with Crippen LogP contribution in [-0.4, -0.2) is 44.2 Å². The zero-order valence-electron chi connectivity index (χ0n) is 18.4. The summed E-state index contributed by atoms with van der Waals surface area (Å²) in [6.07, 6.45) is 6.28. The Labute approximate surface area is 193 Å². The Kier molecular flexibility index (Phi) is 6.90. The third kappa shape index (κ3) is 5.19. The van der Waals surface area contributed by atoms with Crippen molar-refractivity contribution in [3.63, 3.8) is 0 Å². The number of nitrogens with zero attached hydrogens (tertiary/aromatic N) is 5. The molecule has 7 nitrogen and oxygen atoms in total. The maximum atomic E-state index is 12.5. The third-order valence-corrected chi connectivity index (χ3v) is 6.25. The molecule has 0 N–H and O–H groups in total. The van der Waals surface area contributed by atoms with Gasteiger partial charge < -0.3 is 9.64 Å². The monoisotopic (exact) mass is 449 g/mol. The van der Waals surface area contributed by atoms with E-state index >= 15 is 0 Å². The molecule has 0 fully saturated rings. The summed E-state index contributed by atoms with van der Waals surface area (Å²) >= 11 is 5.67. The third-order valence-electron chi connectivity index (χ3n) is 5.65. The zero-order valence-corrected chi connectivity index (χ0v) is 19.2. The molecule has 1 aliphatic heterocycles. The van der Waals surface area contributed by atoms with Crippen LogP contribution >= 0.6 is 12.2 Å². The Bertz CT molecular complexity index is 1100. The standard InChI is InChI=1S/C24H27N5O2S/c1-17-9-11-18(12-10-17)14-29-16-26-22(27-29)20(30)7-4-3-6-19-15-31-21-8-5-13-25-23(21)28(2)24(19)32/h5,8-13,16,19H,3-4,6-7,14-15H2,1-2H3/t19-/m0/s1. The van der Waals surface area contributed by atoms with Crippen LogP contribution in [-0.2, 0) is 6.54 Å². The lowest BCUT2D eigenvalue weighted by Crippen LogP contribution is -2.32. The van der Waals surface area contributed by atoms with Crippen LogP contribution in [0.3, 0.4) is 0 Å². The summed E-state index contributed by atoms with van der Waals surface area (Å²) < 4.78 is 7.64. The minimum absolute atomic E-state index is 0.0268. The van der Waals surface area contributed by atoms with Gasteiger partial charge in [-0.05, 0) is 37.5 Å². The van der Waals surface area contributed by atoms with E-state index in [1.165, 1.54) is 5.56 Å². The number of unbranched alkanes of at least 4 members (excludes halogenated alkanes) is 1. The van der Waals surface area contributed by atoms with Crippen LogP contribution in [0.4, 0.5) is 5.82 Å². The van der Waals surface area contributed by atoms with Crippen LogP contribution in [0.1, 0.15) is 47.4 Å². The molecule has 3 aromatic rings. The lowest BCUT2D eigenvalue weighted by atomic mass is 10.0. The van der Waals surface area contributed by atoms with E-state index in [4.69, 9.17) is 17.0 Å². The highest BCUT2D eigenvalue weighted by Crippen LogP contribution is 2.31. The van der Waals surface area contributed by atoms with Crippen LogP contribution < -0.4 is 9.64 Å². The second kappa shape index (κ2) is 9.99. The maximum absolute atomic E-state index is 12.5. The number of rotatable bonds is 8. The molecular weight excluding hydrogens is 422 g/mol. The van der Waals surface area contributed by atoms with Crippen LogP contribution in [0.15, 0.2) is 48.9 Å². The van der Waals surface area contributed by atoms with Crippen molar-refractivity contribution in [3.05, 3.63) is 65.9 Å². The molecule has 0 saturated carbocycles. The quantitative estimate of drug-likeness (QED) is 0.289. The highest BCUT2D eigenvalue weighted by Gasteiger charge is 2.26. The number of fused-ring (bicyclic) bond motifs is 1. The highest BCUT2D eigenvalue weighted by molar-refractivity contribution is 7.80. The van der Waals surface area contributed by atoms with Crippen molar-refractivity contribution in [2.24, 2.45) is 5.92 Å². The molecule has 2 aromatic heterocycles. The first kappa shape index (κ1) is 22.1. The van der Waals surface area contributed by atoms with Gasteiger partial charge in [-0.3, -0.25) is 4.79 Å². The van der Waals surface area contributed by atoms with Crippen molar-refractivity contribution in [3.8, 4) is 5.75 Å². The van der Waals surface area contributed by atoms with Gasteiger partial charge in [0.15, 0.2) is 11.6 Å². The first-order chi connectivity index (χ1) is 15.5. The smallest absolute Gasteiger partial charge is 0.217 e. The van der Waals surface area contributed by atoms with Gasteiger partial charge in [0, 0.05) is 25.6 Å². The fraction of sp³-hybridized carbons (Fsp3) is 0.375. The summed E-state index contributed by atoms with van der Waals surface area (Å²) in [5, 5.41) is 4.36. The van der Waals surface area contributed by atoms with E-state index < -0.39 is 0 Å². The molecule has 1 aliphatic rings. The molecule has 0 saturated heterocycles. The van der Waals surface area contributed by atoms with Crippen LogP contribution in [0.25, 0.3) is 0 Å². The summed E-state index contributed by atoms with van der Waals surface area (Å²) in [6, 6.07) is 12.0. The number of pyridine rings is 1. The number of aryl methyl sites for hydroxylation is 1. The predicted octanol–water partition coefficient (Wildman–Crippen LogP) is 4.25. The summed E-state index contributed by atoms with van der Waals surface area (Å²) in [5.74, 6) is 1.88. The number of hydrogen-bond donors (Lipinski definition) is 0. The van der Waals surface area contributed by atoms with Gasteiger partial charge in [0.1, 0.15) is 6.33 Å². The Hall–Kier alpha value is -3.13. The summed E-state index contributed by atoms with van der Waals surface area (Å²) in [5.41, 5.74) is 2.34. The van der Waals surface area contributed by atoms with Gasteiger partial charge in [0.05, 0.1) is 18.1 Å². The molecule has 0 aliphatic carbocycles. The molecule has 3 heterocycles. The molecule has 0 unspecified atom stereocenters. The maximum Gasteiger partial charge on any atom is 0.217 e. The van der Waals surface area contributed by atoms with Crippen LogP contribution in [0, 0.1) is 12.8 Å². The Morgan fingerprint density at radius 3 is 2.81 bits per heavy atom. The van der Waals surface area contributed by atoms with E-state index in [1.807, 2.05) is 24.1 Å². The number of carbonyl (C=O) groups is 1. The van der Waals surface area contributed by atoms with Gasteiger partial charge in [-0.15, -0.1) is 5.10 Å². The van der Waals surface area contributed by atoms with Crippen molar-refractivity contribution < 1.29 is 9.53 Å². The molecule has 32 heavy (non-hydrogen) atoms. The van der Waals surface area contributed by atoms with Gasteiger partial charge >= 0.3 is 0 Å². The number of aromatic nitrogens is 4. The Morgan fingerprint density at radius 2 is 2.00 bits per heavy atom. The number of ketones is 1. The molecule has 1 aromatic carbocycles. The highest BCUT2D eigenvalue weighted by atomic mass is 32.1. The van der Waals surface area contributed by atoms with Gasteiger partial charge in [0.25, 0.3) is 0 Å². The second-order valence-corrected chi connectivity index (χ2v) is 8.57. The number of thiocarbonyl (C=S) groups is 1. The van der Waals surface area contributed by atoms with Gasteiger partial charge in [0.2, 0.25) is 11.6 Å². The van der Waals surface area contributed by atoms with E-state index in [1.54, 1.807) is 17.2 Å². The van der Waals surface area contributed by atoms with E-state index in [2.05, 4.69) is 46.3 Å². The van der Waals surface area contributed by atoms with Crippen molar-refractivity contribution in [1.82, 2.24) is 19.7 Å². The van der Waals surface area contributed by atoms with Crippen LogP contribution in [0.5, 0.6) is 5.75 Å². The van der Waals surface area contributed by atoms with Crippen molar-refractivity contribution in [2.45, 2.75) is 39.2 Å². The molecule has 0 amide bonds. The summed E-state index contributed by atoms with van der Waals surface area (Å²) in [6.45, 7) is 3.19. The number of hydrogen-bond acceptors (Lipinski definition) is 6. The molecule has 166 valence electrons. The number of benzene rings is 1. The molecule has 0 bridgehead atoms. The predicted molar refractivity (Wildman–Crippen MR) is 127 cm³/mol. The number of carbonyl (C=O) groups excluding carboxylic acids is 1. The van der Waals surface area contributed by atoms with E-state index in [-0.39, 0.29) is 17.5 Å². The van der Waals surface area contributed by atoms with E-state index in [0.29, 0.717) is 19.6 Å². The minimum atomic E-state index is -0.0268. The first-order valence-electron chi connectivity index (χ1n) is 10.8. The molecule has 1 atom stereocenters. The van der Waals surface area contributed by atoms with Gasteiger partial charge in [-0.2, -0.15) is 0 Å². The fourth-order valence-corrected chi connectivity index (χ4v) is 4.03. The average molecular weight is 450 g/mol. The Morgan fingerprint density at radius 1 is 1.19 bits per heavy atom. The van der Waals surface area contributed by atoms with Crippen molar-refractivity contribution in [1.29, 1.82) is 0 Å². The number of anilines is 1. The van der Waals surface area contributed by atoms with Gasteiger partial charge in [-0.25, -0.2) is 14.6 Å². The van der Waals surface area contributed by atoms with E-state index in [0.717, 1.165) is 41.4 Å². The number of ether oxygens (including phenoxy) is 1. The molecule has 0 radical (unpaired) electrons. The zero-order chi connectivity index (χ0) is 22.5. The Balaban J connectivity index is 1.24. The molecule has 0 spiro atoms. The second-order valence-electron chi connectivity index (χ2n) is 8.15. The topological polar surface area (TPSA) is 73.1 Å². The molecule has 8 heteroatoms. The van der Waals surface area contributed by atoms with Crippen molar-refractivity contribution >= 4 is 28.8 Å². The number of Topliss-reactive ketones (excluding diaryl/α,β-unsaturated/α-hetero) is 1. The normalized spacial score (nSPS) is 15.8. The van der Waals surface area contributed by atoms with Crippen molar-refractivity contribution in [2.75, 3.05) is 18.6 Å². The lowest BCUT2D eigenvalue weighted by molar-refractivity contribution is 0.0968. The van der Waals surface area contributed by atoms with Crippen LogP contribution in [0.2, 0.25) is 0 Å². The molecular formula is C24H27N5O2S. The fourth-order valence-electron chi connectivity index (χ4n) is 3.76. The minimum Gasteiger partial charge on any atom is -0.489 e. The largest absolute Gasteiger partial charge is 0.489 e. The lowest BCUT2D eigenvalue weighted by Gasteiger charge is -2.21. The molecule has 4 rings (SSSR count). The summed E-state index contributed by atoms with van der Waals surface area (Å²) in [7, 11) is 1.93.